The molecule has 3 aromatic heterocycles. The fourth-order valence-electron chi connectivity index (χ4n) is 5.80. The van der Waals surface area contributed by atoms with E-state index in [1.165, 1.54) is 20.2 Å². The summed E-state index contributed by atoms with van der Waals surface area (Å²) in [4.78, 5) is 14.1. The van der Waals surface area contributed by atoms with Crippen LogP contribution in [0.25, 0.3) is 87.4 Å². The van der Waals surface area contributed by atoms with Crippen LogP contribution in [-0.4, -0.2) is 15.0 Å². The van der Waals surface area contributed by atoms with Gasteiger partial charge in [-0.25, -0.2) is 15.0 Å². The molecule has 44 heavy (non-hydrogen) atoms. The molecule has 0 aliphatic rings. The first-order chi connectivity index (χ1) is 23.9. The van der Waals surface area contributed by atoms with Gasteiger partial charge >= 0.3 is 0 Å². The zero-order valence-electron chi connectivity index (χ0n) is 28.1. The summed E-state index contributed by atoms with van der Waals surface area (Å²) in [5.74, 6) is 0.591. The minimum Gasteiger partial charge on any atom is -0.455 e. The molecule has 0 unspecified atom stereocenters. The molecule has 0 radical (unpaired) electrons. The van der Waals surface area contributed by atoms with Crippen molar-refractivity contribution >= 4 is 53.4 Å². The minimum atomic E-state index is -0.477. The second kappa shape index (κ2) is 9.97. The molecule has 9 aromatic rings. The Morgan fingerprint density at radius 2 is 1.20 bits per heavy atom. The molecule has 0 saturated carbocycles. The second-order valence-electron chi connectivity index (χ2n) is 10.4. The molecule has 3 heterocycles. The molecule has 0 fully saturated rings. The van der Waals surface area contributed by atoms with Crippen LogP contribution in [-0.2, 0) is 0 Å². The van der Waals surface area contributed by atoms with Crippen LogP contribution >= 0.6 is 11.3 Å². The monoisotopic (exact) mass is 586 g/mol. The molecular formula is C39H23N3OS. The Morgan fingerprint density at radius 1 is 0.523 bits per heavy atom. The van der Waals surface area contributed by atoms with Gasteiger partial charge in [-0.3, -0.25) is 0 Å². The fraction of sp³-hybridized carbons (Fsp3) is 0. The van der Waals surface area contributed by atoms with Crippen molar-refractivity contribution in [1.82, 2.24) is 15.0 Å². The maximum absolute atomic E-state index is 8.58. The van der Waals surface area contributed by atoms with E-state index in [0.29, 0.717) is 22.5 Å². The molecule has 0 spiro atoms. The van der Waals surface area contributed by atoms with Crippen LogP contribution < -0.4 is 0 Å². The Kier molecular flexibility index (Phi) is 4.60. The zero-order chi connectivity index (χ0) is 33.4. The number of para-hydroxylation sites is 1. The summed E-state index contributed by atoms with van der Waals surface area (Å²) >= 11 is 1.78. The van der Waals surface area contributed by atoms with Crippen LogP contribution in [0, 0.1) is 0 Å². The molecule has 5 heteroatoms. The summed E-state index contributed by atoms with van der Waals surface area (Å²) in [7, 11) is 0. The third-order valence-corrected chi connectivity index (χ3v) is 9.06. The maximum Gasteiger partial charge on any atom is 0.164 e. The lowest BCUT2D eigenvalue weighted by molar-refractivity contribution is 0.670. The molecule has 0 saturated heterocycles. The Hall–Kier alpha value is -5.65. The van der Waals surface area contributed by atoms with Crippen molar-refractivity contribution in [2.24, 2.45) is 0 Å². The molecule has 9 rings (SSSR count). The molecule has 0 atom stereocenters. The highest BCUT2D eigenvalue weighted by molar-refractivity contribution is 7.26. The molecule has 0 bridgehead atoms. The summed E-state index contributed by atoms with van der Waals surface area (Å²) < 4.78 is 50.7. The number of thiophene rings is 1. The van der Waals surface area contributed by atoms with Gasteiger partial charge in [0, 0.05) is 58.8 Å². The van der Waals surface area contributed by atoms with Gasteiger partial charge in [0.25, 0.3) is 0 Å². The van der Waals surface area contributed by atoms with Gasteiger partial charge in [-0.2, -0.15) is 0 Å². The van der Waals surface area contributed by atoms with Gasteiger partial charge in [0.2, 0.25) is 0 Å². The predicted octanol–water partition coefficient (Wildman–Crippen LogP) is 10.8. The van der Waals surface area contributed by atoms with Crippen LogP contribution in [0.2, 0.25) is 0 Å². The van der Waals surface area contributed by atoms with Crippen LogP contribution in [0.5, 0.6) is 0 Å². The number of rotatable bonds is 4. The number of hydrogen-bond acceptors (Lipinski definition) is 5. The molecular weight excluding hydrogens is 559 g/mol. The van der Waals surface area contributed by atoms with Crippen LogP contribution in [0.4, 0.5) is 0 Å². The Balaban J connectivity index is 1.24. The first-order valence-corrected chi connectivity index (χ1v) is 14.9. The first-order valence-electron chi connectivity index (χ1n) is 16.6. The molecule has 206 valence electrons. The topological polar surface area (TPSA) is 51.8 Å². The summed E-state index contributed by atoms with van der Waals surface area (Å²) in [6, 6.07) is 34.0. The second-order valence-corrected chi connectivity index (χ2v) is 11.5. The normalized spacial score (nSPS) is 13.2. The van der Waals surface area contributed by atoms with Crippen molar-refractivity contribution in [2.75, 3.05) is 0 Å². The van der Waals surface area contributed by atoms with E-state index in [2.05, 4.69) is 70.6 Å². The van der Waals surface area contributed by atoms with Gasteiger partial charge < -0.3 is 4.42 Å². The number of hydrogen-bond donors (Lipinski definition) is 0. The molecule has 0 aliphatic heterocycles. The lowest BCUT2D eigenvalue weighted by atomic mass is 10.00. The maximum atomic E-state index is 8.58. The largest absolute Gasteiger partial charge is 0.455 e. The Morgan fingerprint density at radius 3 is 2.05 bits per heavy atom. The summed E-state index contributed by atoms with van der Waals surface area (Å²) in [5, 5.41) is 4.37. The third-order valence-electron chi connectivity index (χ3n) is 7.84. The van der Waals surface area contributed by atoms with E-state index in [1.54, 1.807) is 11.3 Å². The predicted molar refractivity (Wildman–Crippen MR) is 182 cm³/mol. The summed E-state index contributed by atoms with van der Waals surface area (Å²) in [5.41, 5.74) is 4.78. The van der Waals surface area contributed by atoms with Crippen molar-refractivity contribution in [3.63, 3.8) is 0 Å². The van der Waals surface area contributed by atoms with Crippen molar-refractivity contribution in [3.8, 4) is 45.3 Å². The highest BCUT2D eigenvalue weighted by Crippen LogP contribution is 2.43. The number of benzene rings is 6. The molecule has 4 nitrogen and oxygen atoms in total. The van der Waals surface area contributed by atoms with E-state index in [1.807, 2.05) is 48.5 Å². The Labute approximate surface area is 264 Å². The van der Waals surface area contributed by atoms with E-state index in [-0.39, 0.29) is 29.3 Å². The molecule has 0 amide bonds. The minimum absolute atomic E-state index is 0.00993. The van der Waals surface area contributed by atoms with E-state index >= 15 is 0 Å². The van der Waals surface area contributed by atoms with E-state index < -0.39 is 18.1 Å². The van der Waals surface area contributed by atoms with Crippen molar-refractivity contribution in [3.05, 3.63) is 139 Å². The number of aromatic nitrogens is 3. The van der Waals surface area contributed by atoms with Gasteiger partial charge in [0.05, 0.1) is 6.85 Å². The standard InChI is InChI=1S/C39H23N3OS/c1-3-11-24(12-4-1)37-40-38(25-13-5-2-6-14-25)42-39(41-37)26-21-22-27-29-16-9-17-30(35(29)43-33(27)23-26)32-19-10-18-31-28-15-7-8-20-34(28)44-36(31)32/h1-23H/i1D,3D,4D,11D,12D. The summed E-state index contributed by atoms with van der Waals surface area (Å²) in [6.07, 6.45) is 0. The van der Waals surface area contributed by atoms with Crippen LogP contribution in [0.1, 0.15) is 6.85 Å². The quantitative estimate of drug-likeness (QED) is 0.206. The molecule has 6 aromatic carbocycles. The van der Waals surface area contributed by atoms with E-state index in [0.717, 1.165) is 27.5 Å². The van der Waals surface area contributed by atoms with E-state index in [4.69, 9.17) is 16.3 Å². The Bertz CT molecular complexity index is 2770. The van der Waals surface area contributed by atoms with Gasteiger partial charge in [-0.1, -0.05) is 121 Å². The van der Waals surface area contributed by atoms with Gasteiger partial charge in [0.15, 0.2) is 17.5 Å². The molecule has 0 N–H and O–H groups in total. The summed E-state index contributed by atoms with van der Waals surface area (Å²) in [6.45, 7) is 0. The van der Waals surface area contributed by atoms with Gasteiger partial charge in [0.1, 0.15) is 11.2 Å². The highest BCUT2D eigenvalue weighted by Gasteiger charge is 2.18. The zero-order valence-corrected chi connectivity index (χ0v) is 23.9. The first kappa shape index (κ1) is 20.3. The SMILES string of the molecule is [2H]c1c([2H])c([2H])c(-c2nc(-c3ccccc3)nc(-c3ccc4c(c3)oc3c(-c5cccc6c5sc5ccccc56)cccc34)n2)c([2H])c1[2H]. The molecule has 0 aliphatic carbocycles. The number of fused-ring (bicyclic) bond motifs is 6. The average Bonchev–Trinajstić information content (AvgIpc) is 3.72. The van der Waals surface area contributed by atoms with Gasteiger partial charge in [-0.15, -0.1) is 11.3 Å². The highest BCUT2D eigenvalue weighted by atomic mass is 32.1. The fourth-order valence-corrected chi connectivity index (χ4v) is 7.03. The van der Waals surface area contributed by atoms with Crippen molar-refractivity contribution < 1.29 is 11.3 Å². The van der Waals surface area contributed by atoms with Crippen molar-refractivity contribution in [2.45, 2.75) is 0 Å². The van der Waals surface area contributed by atoms with Crippen LogP contribution in [0.3, 0.4) is 0 Å². The van der Waals surface area contributed by atoms with Gasteiger partial charge in [-0.05, 0) is 18.2 Å². The number of nitrogens with zero attached hydrogens (tertiary/aromatic N) is 3. The van der Waals surface area contributed by atoms with Crippen LogP contribution in [0.15, 0.2) is 144 Å². The lowest BCUT2D eigenvalue weighted by Crippen LogP contribution is -2.00. The average molecular weight is 587 g/mol. The lowest BCUT2D eigenvalue weighted by Gasteiger charge is -2.08. The number of furan rings is 1. The smallest absolute Gasteiger partial charge is 0.164 e. The van der Waals surface area contributed by atoms with E-state index in [9.17, 15) is 0 Å². The van der Waals surface area contributed by atoms with Crippen molar-refractivity contribution in [1.29, 1.82) is 0 Å². The third kappa shape index (κ3) is 4.02.